The van der Waals surface area contributed by atoms with Crippen LogP contribution in [0.5, 0.6) is 5.75 Å². The Morgan fingerprint density at radius 1 is 1.03 bits per heavy atom. The first-order valence-electron chi connectivity index (χ1n) is 13.9. The van der Waals surface area contributed by atoms with Gasteiger partial charge in [0, 0.05) is 24.7 Å². The van der Waals surface area contributed by atoms with Gasteiger partial charge in [-0.15, -0.1) is 0 Å². The molecule has 39 heavy (non-hydrogen) atoms. The van der Waals surface area contributed by atoms with Gasteiger partial charge in [0.05, 0.1) is 12.2 Å². The number of carbonyl (C=O) groups is 2. The number of likely N-dealkylation sites (N-methyl/N-ethyl adjacent to an activating group) is 1. The third-order valence-corrected chi connectivity index (χ3v) is 7.67. The van der Waals surface area contributed by atoms with Crippen molar-refractivity contribution < 1.29 is 14.3 Å². The second-order valence-electron chi connectivity index (χ2n) is 10.6. The molecular formula is C33H37N3O3. The van der Waals surface area contributed by atoms with Crippen LogP contribution in [0.2, 0.25) is 0 Å². The fourth-order valence-corrected chi connectivity index (χ4v) is 5.45. The molecular weight excluding hydrogens is 486 g/mol. The summed E-state index contributed by atoms with van der Waals surface area (Å²) in [5, 5.41) is 3.04. The molecule has 1 saturated carbocycles. The first-order valence-corrected chi connectivity index (χ1v) is 13.9. The molecule has 0 spiro atoms. The Labute approximate surface area is 231 Å². The van der Waals surface area contributed by atoms with Crippen molar-refractivity contribution in [3.8, 4) is 5.75 Å². The Kier molecular flexibility index (Phi) is 8.42. The van der Waals surface area contributed by atoms with Crippen molar-refractivity contribution in [2.75, 3.05) is 25.0 Å². The maximum atomic E-state index is 13.5. The summed E-state index contributed by atoms with van der Waals surface area (Å²) in [7, 11) is 2.15. The number of anilines is 1. The summed E-state index contributed by atoms with van der Waals surface area (Å²) in [6.45, 7) is 3.97. The number of aryl methyl sites for hydroxylation is 1. The lowest BCUT2D eigenvalue weighted by Gasteiger charge is -2.31. The van der Waals surface area contributed by atoms with Crippen LogP contribution in [-0.4, -0.2) is 42.9 Å². The Hall–Kier alpha value is -3.90. The number of rotatable bonds is 8. The zero-order valence-electron chi connectivity index (χ0n) is 22.9. The molecule has 5 rings (SSSR count). The maximum absolute atomic E-state index is 13.5. The number of nitrogens with zero attached hydrogens (tertiary/aromatic N) is 2. The minimum atomic E-state index is -0.195. The standard InChI is InChI=1S/C33H37N3O3/c1-24-9-8-10-26(21-24)23-36-29-13-6-7-14-30(29)39-31(33(36)38)22-25-15-17-27(18-16-25)32(37)34-19-20-35(2)28-11-4-3-5-12-28/h6-10,13-18,21-22,28H,3-5,11-12,19-20,23H2,1-2H3,(H,34,37)/b31-22+. The lowest BCUT2D eigenvalue weighted by molar-refractivity contribution is -0.117. The molecule has 3 aromatic carbocycles. The van der Waals surface area contributed by atoms with E-state index in [-0.39, 0.29) is 17.6 Å². The van der Waals surface area contributed by atoms with Crippen LogP contribution in [0.4, 0.5) is 5.69 Å². The number of hydrogen-bond acceptors (Lipinski definition) is 4. The SMILES string of the molecule is Cc1cccc(CN2C(=O)/C(=C\c3ccc(C(=O)NCCN(C)C4CCCCC4)cc3)Oc3ccccc32)c1. The van der Waals surface area contributed by atoms with E-state index in [1.807, 2.05) is 61.5 Å². The van der Waals surface area contributed by atoms with E-state index in [4.69, 9.17) is 4.74 Å². The van der Waals surface area contributed by atoms with E-state index in [0.29, 0.717) is 30.4 Å². The molecule has 0 atom stereocenters. The van der Waals surface area contributed by atoms with E-state index in [9.17, 15) is 9.59 Å². The van der Waals surface area contributed by atoms with Gasteiger partial charge in [0.2, 0.25) is 0 Å². The molecule has 1 fully saturated rings. The summed E-state index contributed by atoms with van der Waals surface area (Å²) in [4.78, 5) is 30.3. The van der Waals surface area contributed by atoms with Crippen LogP contribution >= 0.6 is 0 Å². The van der Waals surface area contributed by atoms with Gasteiger partial charge in [0.15, 0.2) is 11.5 Å². The lowest BCUT2D eigenvalue weighted by Crippen LogP contribution is -2.39. The van der Waals surface area contributed by atoms with Gasteiger partial charge >= 0.3 is 0 Å². The molecule has 0 radical (unpaired) electrons. The van der Waals surface area contributed by atoms with Gasteiger partial charge in [-0.1, -0.05) is 73.4 Å². The van der Waals surface area contributed by atoms with Crippen LogP contribution in [0.3, 0.4) is 0 Å². The number of carbonyl (C=O) groups excluding carboxylic acids is 2. The molecule has 202 valence electrons. The van der Waals surface area contributed by atoms with Crippen molar-refractivity contribution in [2.45, 2.75) is 51.6 Å². The molecule has 6 nitrogen and oxygen atoms in total. The van der Waals surface area contributed by atoms with Crippen LogP contribution < -0.4 is 15.0 Å². The number of hydrogen-bond donors (Lipinski definition) is 1. The monoisotopic (exact) mass is 523 g/mol. The molecule has 1 aliphatic heterocycles. The average Bonchev–Trinajstić information content (AvgIpc) is 2.96. The van der Waals surface area contributed by atoms with E-state index in [0.717, 1.165) is 28.9 Å². The van der Waals surface area contributed by atoms with Gasteiger partial charge in [0.25, 0.3) is 11.8 Å². The number of nitrogens with one attached hydrogen (secondary N) is 1. The molecule has 1 N–H and O–H groups in total. The fraction of sp³-hybridized carbons (Fsp3) is 0.333. The van der Waals surface area contributed by atoms with Crippen molar-refractivity contribution in [1.29, 1.82) is 0 Å². The molecule has 0 saturated heterocycles. The Morgan fingerprint density at radius 2 is 1.79 bits per heavy atom. The molecule has 1 heterocycles. The zero-order chi connectivity index (χ0) is 27.2. The normalized spacial score (nSPS) is 16.7. The summed E-state index contributed by atoms with van der Waals surface area (Å²) in [5.41, 5.74) is 4.35. The quantitative estimate of drug-likeness (QED) is 0.370. The minimum Gasteiger partial charge on any atom is -0.449 e. The van der Waals surface area contributed by atoms with Crippen LogP contribution in [0.1, 0.15) is 59.2 Å². The Balaban J connectivity index is 1.24. The van der Waals surface area contributed by atoms with E-state index in [1.54, 1.807) is 23.1 Å². The van der Waals surface area contributed by atoms with Crippen molar-refractivity contribution in [3.05, 3.63) is 101 Å². The number of amides is 2. The topological polar surface area (TPSA) is 61.9 Å². The summed E-state index contributed by atoms with van der Waals surface area (Å²) in [6, 6.07) is 23.7. The van der Waals surface area contributed by atoms with E-state index >= 15 is 0 Å². The Bertz CT molecular complexity index is 1340. The van der Waals surface area contributed by atoms with Crippen molar-refractivity contribution in [1.82, 2.24) is 10.2 Å². The molecule has 3 aromatic rings. The predicted molar refractivity (Wildman–Crippen MR) is 156 cm³/mol. The smallest absolute Gasteiger partial charge is 0.294 e. The first kappa shape index (κ1) is 26.7. The third kappa shape index (κ3) is 6.58. The summed E-state index contributed by atoms with van der Waals surface area (Å²) in [6.07, 6.45) is 8.19. The predicted octanol–water partition coefficient (Wildman–Crippen LogP) is 5.96. The van der Waals surface area contributed by atoms with E-state index in [2.05, 4.69) is 23.3 Å². The van der Waals surface area contributed by atoms with Crippen molar-refractivity contribution >= 4 is 23.6 Å². The maximum Gasteiger partial charge on any atom is 0.294 e. The van der Waals surface area contributed by atoms with Crippen LogP contribution in [0.25, 0.3) is 6.08 Å². The fourth-order valence-electron chi connectivity index (χ4n) is 5.45. The van der Waals surface area contributed by atoms with Crippen LogP contribution in [0, 0.1) is 6.92 Å². The van der Waals surface area contributed by atoms with Gasteiger partial charge in [-0.05, 0) is 68.3 Å². The van der Waals surface area contributed by atoms with E-state index < -0.39 is 0 Å². The van der Waals surface area contributed by atoms with Gasteiger partial charge in [0.1, 0.15) is 0 Å². The highest BCUT2D eigenvalue weighted by molar-refractivity contribution is 6.09. The molecule has 1 aliphatic carbocycles. The molecule has 6 heteroatoms. The van der Waals surface area contributed by atoms with E-state index in [1.165, 1.54) is 32.1 Å². The molecule has 2 aliphatic rings. The number of benzene rings is 3. The van der Waals surface area contributed by atoms with Gasteiger partial charge in [-0.25, -0.2) is 0 Å². The summed E-state index contributed by atoms with van der Waals surface area (Å²) >= 11 is 0. The summed E-state index contributed by atoms with van der Waals surface area (Å²) < 4.78 is 6.03. The highest BCUT2D eigenvalue weighted by atomic mass is 16.5. The number of ether oxygens (including phenoxy) is 1. The first-order chi connectivity index (χ1) is 19.0. The third-order valence-electron chi connectivity index (χ3n) is 7.67. The second kappa shape index (κ2) is 12.3. The van der Waals surface area contributed by atoms with Crippen LogP contribution in [-0.2, 0) is 11.3 Å². The lowest BCUT2D eigenvalue weighted by atomic mass is 9.94. The second-order valence-corrected chi connectivity index (χ2v) is 10.6. The number of fused-ring (bicyclic) bond motifs is 1. The largest absolute Gasteiger partial charge is 0.449 e. The highest BCUT2D eigenvalue weighted by Crippen LogP contribution is 2.36. The van der Waals surface area contributed by atoms with Gasteiger partial charge in [-0.2, -0.15) is 0 Å². The molecule has 0 bridgehead atoms. The molecule has 0 unspecified atom stereocenters. The minimum absolute atomic E-state index is 0.0884. The highest BCUT2D eigenvalue weighted by Gasteiger charge is 2.30. The van der Waals surface area contributed by atoms with Gasteiger partial charge in [-0.3, -0.25) is 14.5 Å². The Morgan fingerprint density at radius 3 is 2.56 bits per heavy atom. The zero-order valence-corrected chi connectivity index (χ0v) is 22.9. The summed E-state index contributed by atoms with van der Waals surface area (Å²) in [5.74, 6) is 0.614. The molecule has 2 amide bonds. The average molecular weight is 524 g/mol. The van der Waals surface area contributed by atoms with Crippen LogP contribution in [0.15, 0.2) is 78.6 Å². The molecule has 0 aromatic heterocycles. The number of para-hydroxylation sites is 2. The van der Waals surface area contributed by atoms with Gasteiger partial charge < -0.3 is 15.0 Å². The van der Waals surface area contributed by atoms with Crippen molar-refractivity contribution in [3.63, 3.8) is 0 Å². The van der Waals surface area contributed by atoms with Crippen molar-refractivity contribution in [2.24, 2.45) is 0 Å².